The highest BCUT2D eigenvalue weighted by molar-refractivity contribution is 5.33. The quantitative estimate of drug-likeness (QED) is 0.751. The van der Waals surface area contributed by atoms with Crippen LogP contribution in [0.3, 0.4) is 0 Å². The summed E-state index contributed by atoms with van der Waals surface area (Å²) in [5.41, 5.74) is 2.61. The molecule has 1 aromatic heterocycles. The lowest BCUT2D eigenvalue weighted by molar-refractivity contribution is 0.315. The zero-order valence-corrected chi connectivity index (χ0v) is 8.48. The lowest BCUT2D eigenvalue weighted by Gasteiger charge is -2.13. The van der Waals surface area contributed by atoms with Crippen molar-refractivity contribution in [2.75, 3.05) is 7.05 Å². The minimum absolute atomic E-state index is 0.189. The molecule has 0 saturated heterocycles. The Morgan fingerprint density at radius 3 is 3.00 bits per heavy atom. The van der Waals surface area contributed by atoms with E-state index in [0.29, 0.717) is 0 Å². The van der Waals surface area contributed by atoms with Crippen LogP contribution in [-0.4, -0.2) is 12.2 Å². The van der Waals surface area contributed by atoms with Crippen molar-refractivity contribution in [3.05, 3.63) is 17.0 Å². The van der Waals surface area contributed by atoms with Crippen LogP contribution in [0.25, 0.3) is 0 Å². The van der Waals surface area contributed by atoms with Crippen molar-refractivity contribution in [2.45, 2.75) is 38.6 Å². The molecule has 1 aliphatic carbocycles. The molecule has 3 nitrogen and oxygen atoms in total. The Kier molecular flexibility index (Phi) is 1.91. The number of hydrogen-bond donors (Lipinski definition) is 1. The van der Waals surface area contributed by atoms with E-state index in [0.717, 1.165) is 24.4 Å². The van der Waals surface area contributed by atoms with E-state index in [9.17, 15) is 0 Å². The lowest BCUT2D eigenvalue weighted by atomic mass is 9.92. The molecule has 0 unspecified atom stereocenters. The summed E-state index contributed by atoms with van der Waals surface area (Å²) in [6.07, 6.45) is 2.29. The number of fused-ring (bicyclic) bond motifs is 1. The number of nitrogens with one attached hydrogen (secondary N) is 1. The van der Waals surface area contributed by atoms with E-state index in [-0.39, 0.29) is 5.41 Å². The van der Waals surface area contributed by atoms with E-state index in [2.05, 4.69) is 24.3 Å². The van der Waals surface area contributed by atoms with Gasteiger partial charge in [0.05, 0.1) is 0 Å². The summed E-state index contributed by atoms with van der Waals surface area (Å²) in [4.78, 5) is 0. The third-order valence-corrected chi connectivity index (χ3v) is 2.83. The molecule has 0 radical (unpaired) electrons. The fraction of sp³-hybridized carbons (Fsp3) is 0.700. The predicted octanol–water partition coefficient (Wildman–Crippen LogP) is 1.62. The normalized spacial score (nSPS) is 19.0. The molecule has 0 spiro atoms. The van der Waals surface area contributed by atoms with Crippen molar-refractivity contribution >= 4 is 0 Å². The van der Waals surface area contributed by atoms with E-state index in [1.165, 1.54) is 12.0 Å². The van der Waals surface area contributed by atoms with Crippen molar-refractivity contribution in [1.82, 2.24) is 10.5 Å². The first-order valence-electron chi connectivity index (χ1n) is 4.77. The first-order valence-corrected chi connectivity index (χ1v) is 4.77. The van der Waals surface area contributed by atoms with Gasteiger partial charge in [0.1, 0.15) is 11.5 Å². The van der Waals surface area contributed by atoms with Gasteiger partial charge in [-0.25, -0.2) is 0 Å². The number of nitrogens with zero attached hydrogens (tertiary/aromatic N) is 1. The van der Waals surface area contributed by atoms with Crippen molar-refractivity contribution in [1.29, 1.82) is 0 Å². The van der Waals surface area contributed by atoms with Gasteiger partial charge in [0.15, 0.2) is 0 Å². The average Bonchev–Trinajstić information content (AvgIpc) is 2.57. The molecule has 3 heteroatoms. The summed E-state index contributed by atoms with van der Waals surface area (Å²) in [7, 11) is 1.93. The second kappa shape index (κ2) is 2.84. The molecule has 0 amide bonds. The van der Waals surface area contributed by atoms with Gasteiger partial charge in [0.25, 0.3) is 0 Å². The third-order valence-electron chi connectivity index (χ3n) is 2.83. The van der Waals surface area contributed by atoms with Gasteiger partial charge in [-0.1, -0.05) is 19.0 Å². The minimum atomic E-state index is 0.189. The first-order chi connectivity index (χ1) is 6.15. The van der Waals surface area contributed by atoms with E-state index < -0.39 is 0 Å². The van der Waals surface area contributed by atoms with Gasteiger partial charge in [-0.15, -0.1) is 0 Å². The fourth-order valence-corrected chi connectivity index (χ4v) is 1.99. The average molecular weight is 180 g/mol. The molecule has 0 aromatic carbocycles. The Morgan fingerprint density at radius 1 is 1.54 bits per heavy atom. The van der Waals surface area contributed by atoms with Gasteiger partial charge >= 0.3 is 0 Å². The first kappa shape index (κ1) is 8.75. The second-order valence-corrected chi connectivity index (χ2v) is 4.35. The summed E-state index contributed by atoms with van der Waals surface area (Å²) in [6.45, 7) is 5.25. The Labute approximate surface area is 78.5 Å². The SMILES string of the molecule is CNCc1noc2c1CCC2(C)C. The van der Waals surface area contributed by atoms with Crippen molar-refractivity contribution in [3.8, 4) is 0 Å². The molecule has 2 rings (SSSR count). The molecule has 1 heterocycles. The van der Waals surface area contributed by atoms with Crippen LogP contribution >= 0.6 is 0 Å². The molecule has 0 fully saturated rings. The standard InChI is InChI=1S/C10H16N2O/c1-10(2)5-4-7-8(6-11-3)12-13-9(7)10/h11H,4-6H2,1-3H3. The molecular weight excluding hydrogens is 164 g/mol. The summed E-state index contributed by atoms with van der Waals surface area (Å²) in [6, 6.07) is 0. The Bertz CT molecular complexity index is 315. The molecular formula is C10H16N2O. The van der Waals surface area contributed by atoms with Crippen LogP contribution in [0.15, 0.2) is 4.52 Å². The van der Waals surface area contributed by atoms with Crippen LogP contribution in [-0.2, 0) is 18.4 Å². The maximum Gasteiger partial charge on any atom is 0.145 e. The predicted molar refractivity (Wildman–Crippen MR) is 50.6 cm³/mol. The van der Waals surface area contributed by atoms with Gasteiger partial charge in [0.2, 0.25) is 0 Å². The van der Waals surface area contributed by atoms with Crippen LogP contribution < -0.4 is 5.32 Å². The van der Waals surface area contributed by atoms with Crippen LogP contribution in [0.5, 0.6) is 0 Å². The summed E-state index contributed by atoms with van der Waals surface area (Å²) >= 11 is 0. The fourth-order valence-electron chi connectivity index (χ4n) is 1.99. The monoisotopic (exact) mass is 180 g/mol. The van der Waals surface area contributed by atoms with Crippen molar-refractivity contribution < 1.29 is 4.52 Å². The van der Waals surface area contributed by atoms with Crippen LogP contribution in [0, 0.1) is 0 Å². The van der Waals surface area contributed by atoms with Gasteiger partial charge in [-0.3, -0.25) is 0 Å². The highest BCUT2D eigenvalue weighted by Crippen LogP contribution is 2.39. The van der Waals surface area contributed by atoms with Gasteiger partial charge in [0, 0.05) is 17.5 Å². The molecule has 13 heavy (non-hydrogen) atoms. The van der Waals surface area contributed by atoms with Crippen LogP contribution in [0.1, 0.15) is 37.3 Å². The molecule has 1 aliphatic rings. The highest BCUT2D eigenvalue weighted by atomic mass is 16.5. The summed E-state index contributed by atoms with van der Waals surface area (Å²) in [5, 5.41) is 7.19. The topological polar surface area (TPSA) is 38.1 Å². The Morgan fingerprint density at radius 2 is 2.31 bits per heavy atom. The van der Waals surface area contributed by atoms with Crippen LogP contribution in [0.4, 0.5) is 0 Å². The third kappa shape index (κ3) is 1.27. The molecule has 72 valence electrons. The number of rotatable bonds is 2. The van der Waals surface area contributed by atoms with E-state index in [1.807, 2.05) is 7.05 Å². The second-order valence-electron chi connectivity index (χ2n) is 4.35. The van der Waals surface area contributed by atoms with Gasteiger partial charge in [-0.2, -0.15) is 0 Å². The van der Waals surface area contributed by atoms with E-state index >= 15 is 0 Å². The van der Waals surface area contributed by atoms with E-state index in [4.69, 9.17) is 4.52 Å². The van der Waals surface area contributed by atoms with E-state index in [1.54, 1.807) is 0 Å². The smallest absolute Gasteiger partial charge is 0.145 e. The Hall–Kier alpha value is -0.830. The van der Waals surface area contributed by atoms with Crippen molar-refractivity contribution in [2.24, 2.45) is 0 Å². The van der Waals surface area contributed by atoms with Crippen molar-refractivity contribution in [3.63, 3.8) is 0 Å². The Balaban J connectivity index is 2.36. The molecule has 0 saturated carbocycles. The molecule has 1 aromatic rings. The summed E-state index contributed by atoms with van der Waals surface area (Å²) in [5.74, 6) is 1.10. The zero-order chi connectivity index (χ0) is 9.47. The molecule has 0 atom stereocenters. The number of hydrogen-bond acceptors (Lipinski definition) is 3. The van der Waals surface area contributed by atoms with Gasteiger partial charge in [-0.05, 0) is 19.9 Å². The summed E-state index contributed by atoms with van der Waals surface area (Å²) < 4.78 is 5.38. The van der Waals surface area contributed by atoms with Gasteiger partial charge < -0.3 is 9.84 Å². The van der Waals surface area contributed by atoms with Crippen LogP contribution in [0.2, 0.25) is 0 Å². The maximum absolute atomic E-state index is 5.38. The minimum Gasteiger partial charge on any atom is -0.360 e. The lowest BCUT2D eigenvalue weighted by Crippen LogP contribution is -2.10. The molecule has 1 N–H and O–H groups in total. The molecule has 0 bridgehead atoms. The highest BCUT2D eigenvalue weighted by Gasteiger charge is 2.36. The molecule has 0 aliphatic heterocycles. The zero-order valence-electron chi connectivity index (χ0n) is 8.48. The number of aromatic nitrogens is 1. The largest absolute Gasteiger partial charge is 0.360 e. The maximum atomic E-state index is 5.38.